The summed E-state index contributed by atoms with van der Waals surface area (Å²) in [6.45, 7) is 0. The number of carbonyl (C=O) groups is 2. The SMILES string of the molecule is O=C(O)/C=C1\S/C(=N/c2cc(Cl)c(Cl)c(Cl)c2)N(c2cc(Cl)c(Cl)c(Cl)c2)C1=O. The molecule has 0 aromatic heterocycles. The number of amidine groups is 1. The predicted octanol–water partition coefficient (Wildman–Crippen LogP) is 7.34. The van der Waals surface area contributed by atoms with Gasteiger partial charge in [0.2, 0.25) is 0 Å². The van der Waals surface area contributed by atoms with Gasteiger partial charge in [-0.05, 0) is 36.0 Å². The molecule has 1 aliphatic rings. The third-order valence-corrected chi connectivity index (χ3v) is 6.84. The van der Waals surface area contributed by atoms with E-state index in [1.165, 1.54) is 24.3 Å². The maximum absolute atomic E-state index is 12.8. The Morgan fingerprint density at radius 2 is 1.41 bits per heavy atom. The fourth-order valence-corrected chi connectivity index (χ4v) is 4.41. The van der Waals surface area contributed by atoms with Gasteiger partial charge in [0, 0.05) is 6.08 Å². The Balaban J connectivity index is 2.17. The van der Waals surface area contributed by atoms with Gasteiger partial charge in [0.05, 0.1) is 46.4 Å². The number of thioether (sulfide) groups is 1. The molecule has 1 fully saturated rings. The van der Waals surface area contributed by atoms with Crippen LogP contribution < -0.4 is 4.90 Å². The lowest BCUT2D eigenvalue weighted by molar-refractivity contribution is -0.131. The maximum Gasteiger partial charge on any atom is 0.329 e. The van der Waals surface area contributed by atoms with E-state index in [-0.39, 0.29) is 45.9 Å². The van der Waals surface area contributed by atoms with Gasteiger partial charge < -0.3 is 5.11 Å². The van der Waals surface area contributed by atoms with Gasteiger partial charge >= 0.3 is 5.97 Å². The van der Waals surface area contributed by atoms with E-state index in [4.69, 9.17) is 74.7 Å². The number of carbonyl (C=O) groups excluding carboxylic acids is 1. The molecular weight excluding hydrogens is 525 g/mol. The van der Waals surface area contributed by atoms with Gasteiger partial charge in [-0.1, -0.05) is 69.6 Å². The highest BCUT2D eigenvalue weighted by atomic mass is 35.5. The summed E-state index contributed by atoms with van der Waals surface area (Å²) in [4.78, 5) is 29.4. The number of anilines is 1. The molecule has 0 radical (unpaired) electrons. The molecule has 1 saturated heterocycles. The first-order valence-electron chi connectivity index (χ1n) is 7.43. The van der Waals surface area contributed by atoms with Crippen LogP contribution in [-0.2, 0) is 9.59 Å². The van der Waals surface area contributed by atoms with Crippen molar-refractivity contribution in [1.29, 1.82) is 0 Å². The smallest absolute Gasteiger partial charge is 0.329 e. The molecule has 12 heteroatoms. The molecule has 1 aliphatic heterocycles. The summed E-state index contributed by atoms with van der Waals surface area (Å²) in [5.74, 6) is -1.91. The van der Waals surface area contributed by atoms with Crippen LogP contribution >= 0.6 is 81.4 Å². The largest absolute Gasteiger partial charge is 0.478 e. The number of hydrogen-bond acceptors (Lipinski definition) is 4. The number of hydrogen-bond donors (Lipinski definition) is 1. The summed E-state index contributed by atoms with van der Waals surface area (Å²) in [6.07, 6.45) is 0.781. The second kappa shape index (κ2) is 8.94. The summed E-state index contributed by atoms with van der Waals surface area (Å²) in [7, 11) is 0. The van der Waals surface area contributed by atoms with Crippen LogP contribution in [0.25, 0.3) is 0 Å². The van der Waals surface area contributed by atoms with Crippen molar-refractivity contribution in [3.05, 3.63) is 65.4 Å². The van der Waals surface area contributed by atoms with E-state index >= 15 is 0 Å². The quantitative estimate of drug-likeness (QED) is 0.333. The van der Waals surface area contributed by atoms with E-state index < -0.39 is 11.9 Å². The molecule has 3 rings (SSSR count). The lowest BCUT2D eigenvalue weighted by atomic mass is 10.2. The van der Waals surface area contributed by atoms with Crippen LogP contribution in [0.15, 0.2) is 40.2 Å². The lowest BCUT2D eigenvalue weighted by Crippen LogP contribution is -2.28. The van der Waals surface area contributed by atoms with Crippen molar-refractivity contribution < 1.29 is 14.7 Å². The second-order valence-corrected chi connectivity index (χ2v) is 8.82. The van der Waals surface area contributed by atoms with Crippen LogP contribution in [0, 0.1) is 0 Å². The van der Waals surface area contributed by atoms with Gasteiger partial charge in [0.1, 0.15) is 0 Å². The molecule has 0 aliphatic carbocycles. The molecule has 0 saturated carbocycles. The fraction of sp³-hybridized carbons (Fsp3) is 0. The highest BCUT2D eigenvalue weighted by Crippen LogP contribution is 2.41. The Hall–Kier alpha value is -1.12. The van der Waals surface area contributed by atoms with Gasteiger partial charge in [0.15, 0.2) is 5.17 Å². The van der Waals surface area contributed by atoms with Crippen molar-refractivity contribution >= 4 is 110 Å². The zero-order chi connectivity index (χ0) is 21.5. The molecule has 2 aromatic carbocycles. The van der Waals surface area contributed by atoms with Crippen molar-refractivity contribution in [2.75, 3.05) is 4.90 Å². The Kier molecular flexibility index (Phi) is 6.95. The molecule has 150 valence electrons. The van der Waals surface area contributed by atoms with E-state index in [2.05, 4.69) is 4.99 Å². The lowest BCUT2D eigenvalue weighted by Gasteiger charge is -2.17. The molecule has 0 spiro atoms. The Bertz CT molecular complexity index is 1070. The minimum absolute atomic E-state index is 0.0652. The number of halogens is 6. The van der Waals surface area contributed by atoms with Crippen molar-refractivity contribution in [3.8, 4) is 0 Å². The first-order chi connectivity index (χ1) is 13.6. The average molecular weight is 531 g/mol. The average Bonchev–Trinajstić information content (AvgIpc) is 2.91. The van der Waals surface area contributed by atoms with E-state index in [0.29, 0.717) is 5.69 Å². The molecule has 1 heterocycles. The summed E-state index contributed by atoms with van der Waals surface area (Å²) < 4.78 is 0. The highest BCUT2D eigenvalue weighted by Gasteiger charge is 2.36. The van der Waals surface area contributed by atoms with E-state index in [1.807, 2.05) is 0 Å². The summed E-state index contributed by atoms with van der Waals surface area (Å²) in [5, 5.41) is 10.0. The minimum atomic E-state index is -1.29. The first-order valence-corrected chi connectivity index (χ1v) is 10.5. The van der Waals surface area contributed by atoms with Crippen molar-refractivity contribution in [2.45, 2.75) is 0 Å². The predicted molar refractivity (Wildman–Crippen MR) is 121 cm³/mol. The molecule has 0 atom stereocenters. The van der Waals surface area contributed by atoms with Gasteiger partial charge in [-0.15, -0.1) is 0 Å². The first kappa shape index (κ1) is 22.6. The number of aliphatic imine (C=N–C) groups is 1. The molecular formula is C17H6Cl6N2O3S. The van der Waals surface area contributed by atoms with E-state index in [9.17, 15) is 9.59 Å². The number of nitrogens with zero attached hydrogens (tertiary/aromatic N) is 2. The number of rotatable bonds is 3. The van der Waals surface area contributed by atoms with Crippen molar-refractivity contribution in [1.82, 2.24) is 0 Å². The Morgan fingerprint density at radius 3 is 1.90 bits per heavy atom. The van der Waals surface area contributed by atoms with Gasteiger partial charge in [-0.3, -0.25) is 9.69 Å². The summed E-state index contributed by atoms with van der Waals surface area (Å²) in [5.41, 5.74) is 0.549. The fourth-order valence-electron chi connectivity index (χ4n) is 2.28. The molecule has 29 heavy (non-hydrogen) atoms. The molecule has 1 N–H and O–H groups in total. The van der Waals surface area contributed by atoms with Crippen LogP contribution in [0.4, 0.5) is 11.4 Å². The zero-order valence-corrected chi connectivity index (χ0v) is 19.1. The zero-order valence-electron chi connectivity index (χ0n) is 13.7. The number of benzene rings is 2. The molecule has 0 bridgehead atoms. The summed E-state index contributed by atoms with van der Waals surface area (Å²) in [6, 6.07) is 5.73. The molecule has 1 amide bonds. The Morgan fingerprint density at radius 1 is 0.931 bits per heavy atom. The summed E-state index contributed by atoms with van der Waals surface area (Å²) >= 11 is 37.0. The van der Waals surface area contributed by atoms with Crippen LogP contribution in [0.3, 0.4) is 0 Å². The second-order valence-electron chi connectivity index (χ2n) is 5.43. The van der Waals surface area contributed by atoms with Crippen molar-refractivity contribution in [3.63, 3.8) is 0 Å². The standard InChI is InChI=1S/C17H6Cl6N2O3S/c18-8-1-6(2-9(19)14(8)22)24-17-25(16(28)12(29-17)5-13(26)27)7-3-10(20)15(23)11(21)4-7/h1-5H,(H,26,27)/b12-5-,24-17+. The minimum Gasteiger partial charge on any atom is -0.478 e. The van der Waals surface area contributed by atoms with Gasteiger partial charge in [0.25, 0.3) is 5.91 Å². The van der Waals surface area contributed by atoms with Crippen LogP contribution in [0.1, 0.15) is 0 Å². The normalized spacial score (nSPS) is 16.9. The number of amides is 1. The molecule has 0 unspecified atom stereocenters. The molecule has 2 aromatic rings. The number of carboxylic acids is 1. The highest BCUT2D eigenvalue weighted by molar-refractivity contribution is 8.19. The number of carboxylic acid groups (broad SMARTS) is 1. The number of aliphatic carboxylic acids is 1. The van der Waals surface area contributed by atoms with E-state index in [0.717, 1.165) is 22.7 Å². The van der Waals surface area contributed by atoms with Crippen molar-refractivity contribution in [2.24, 2.45) is 4.99 Å². The third-order valence-electron chi connectivity index (χ3n) is 3.48. The van der Waals surface area contributed by atoms with Crippen LogP contribution in [-0.4, -0.2) is 22.2 Å². The van der Waals surface area contributed by atoms with Crippen LogP contribution in [0.5, 0.6) is 0 Å². The topological polar surface area (TPSA) is 70.0 Å². The monoisotopic (exact) mass is 528 g/mol. The maximum atomic E-state index is 12.8. The van der Waals surface area contributed by atoms with Gasteiger partial charge in [-0.25, -0.2) is 9.79 Å². The van der Waals surface area contributed by atoms with Crippen LogP contribution in [0.2, 0.25) is 30.1 Å². The van der Waals surface area contributed by atoms with E-state index in [1.54, 1.807) is 0 Å². The Labute approximate surface area is 198 Å². The van der Waals surface area contributed by atoms with Gasteiger partial charge in [-0.2, -0.15) is 0 Å². The molecule has 5 nitrogen and oxygen atoms in total. The third kappa shape index (κ3) is 4.80.